The van der Waals surface area contributed by atoms with Crippen molar-refractivity contribution in [3.05, 3.63) is 29.3 Å². The second-order valence-electron chi connectivity index (χ2n) is 5.20. The standard InChI is InChI=1S/C13H18ClF2N5O2S/c1-3-11(20-8-10(14)6-17-20)4-5-19-24(22,23)12-7-18-21(9(12)2)13(15)16/h6-8,11,13,19H,3-5H2,1-2H3. The zero-order valence-electron chi connectivity index (χ0n) is 13.2. The van der Waals surface area contributed by atoms with Crippen LogP contribution in [0.4, 0.5) is 8.78 Å². The van der Waals surface area contributed by atoms with Crippen molar-refractivity contribution >= 4 is 21.6 Å². The number of halogens is 3. The molecule has 0 amide bonds. The van der Waals surface area contributed by atoms with E-state index in [1.165, 1.54) is 13.1 Å². The van der Waals surface area contributed by atoms with Crippen molar-refractivity contribution < 1.29 is 17.2 Å². The summed E-state index contributed by atoms with van der Waals surface area (Å²) < 4.78 is 54.3. The maximum atomic E-state index is 12.7. The Labute approximate surface area is 143 Å². The topological polar surface area (TPSA) is 81.8 Å². The lowest BCUT2D eigenvalue weighted by Crippen LogP contribution is -2.27. The molecule has 0 saturated carbocycles. The highest BCUT2D eigenvalue weighted by Gasteiger charge is 2.23. The molecule has 1 unspecified atom stereocenters. The second kappa shape index (κ2) is 7.58. The van der Waals surface area contributed by atoms with Crippen LogP contribution in [-0.2, 0) is 10.0 Å². The van der Waals surface area contributed by atoms with Gasteiger partial charge in [-0.3, -0.25) is 4.68 Å². The van der Waals surface area contributed by atoms with Crippen LogP contribution in [0.1, 0.15) is 38.1 Å². The molecule has 0 bridgehead atoms. The number of alkyl halides is 2. The van der Waals surface area contributed by atoms with Crippen molar-refractivity contribution in [3.63, 3.8) is 0 Å². The van der Waals surface area contributed by atoms with Gasteiger partial charge >= 0.3 is 6.55 Å². The summed E-state index contributed by atoms with van der Waals surface area (Å²) in [6.07, 6.45) is 5.32. The summed E-state index contributed by atoms with van der Waals surface area (Å²) in [4.78, 5) is -0.252. The van der Waals surface area contributed by atoms with Crippen molar-refractivity contribution in [2.75, 3.05) is 6.54 Å². The van der Waals surface area contributed by atoms with E-state index in [1.807, 2.05) is 6.92 Å². The maximum Gasteiger partial charge on any atom is 0.333 e. The molecule has 2 heterocycles. The summed E-state index contributed by atoms with van der Waals surface area (Å²) in [5.41, 5.74) is -0.108. The van der Waals surface area contributed by atoms with Gasteiger partial charge < -0.3 is 0 Å². The van der Waals surface area contributed by atoms with Gasteiger partial charge in [-0.15, -0.1) is 0 Å². The molecule has 0 aliphatic heterocycles. The molecule has 11 heteroatoms. The Morgan fingerprint density at radius 2 is 2.04 bits per heavy atom. The van der Waals surface area contributed by atoms with E-state index >= 15 is 0 Å². The first kappa shape index (κ1) is 18.8. The van der Waals surface area contributed by atoms with Crippen LogP contribution in [0.3, 0.4) is 0 Å². The molecule has 7 nitrogen and oxygen atoms in total. The molecule has 0 aromatic carbocycles. The lowest BCUT2D eigenvalue weighted by Gasteiger charge is -2.15. The molecule has 0 saturated heterocycles. The molecular weight excluding hydrogens is 364 g/mol. The minimum Gasteiger partial charge on any atom is -0.268 e. The zero-order valence-corrected chi connectivity index (χ0v) is 14.7. The highest BCUT2D eigenvalue weighted by Crippen LogP contribution is 2.20. The largest absolute Gasteiger partial charge is 0.333 e. The van der Waals surface area contributed by atoms with Gasteiger partial charge in [0.15, 0.2) is 0 Å². The number of hydrogen-bond acceptors (Lipinski definition) is 4. The van der Waals surface area contributed by atoms with E-state index in [0.29, 0.717) is 16.1 Å². The van der Waals surface area contributed by atoms with Crippen LogP contribution in [0.15, 0.2) is 23.5 Å². The molecular formula is C13H18ClF2N5O2S. The van der Waals surface area contributed by atoms with Gasteiger partial charge in [0, 0.05) is 12.7 Å². The molecule has 1 atom stereocenters. The highest BCUT2D eigenvalue weighted by molar-refractivity contribution is 7.89. The van der Waals surface area contributed by atoms with E-state index < -0.39 is 16.6 Å². The molecule has 0 spiro atoms. The van der Waals surface area contributed by atoms with E-state index in [9.17, 15) is 17.2 Å². The Morgan fingerprint density at radius 1 is 1.33 bits per heavy atom. The van der Waals surface area contributed by atoms with Crippen LogP contribution in [0.25, 0.3) is 0 Å². The molecule has 0 aliphatic rings. The fourth-order valence-electron chi connectivity index (χ4n) is 2.34. The molecule has 2 aromatic rings. The number of nitrogens with one attached hydrogen (secondary N) is 1. The van der Waals surface area contributed by atoms with Crippen LogP contribution in [0, 0.1) is 6.92 Å². The summed E-state index contributed by atoms with van der Waals surface area (Å²) in [6, 6.07) is -0.0231. The first-order valence-electron chi connectivity index (χ1n) is 7.27. The fraction of sp³-hybridized carbons (Fsp3) is 0.538. The van der Waals surface area contributed by atoms with Crippen LogP contribution in [0.2, 0.25) is 5.02 Å². The van der Waals surface area contributed by atoms with Crippen LogP contribution < -0.4 is 4.72 Å². The first-order valence-corrected chi connectivity index (χ1v) is 9.14. The zero-order chi connectivity index (χ0) is 17.9. The average molecular weight is 382 g/mol. The Bertz CT molecular complexity index is 790. The number of aromatic nitrogens is 4. The van der Waals surface area contributed by atoms with E-state index in [0.717, 1.165) is 12.6 Å². The van der Waals surface area contributed by atoms with Gasteiger partial charge in [0.05, 0.1) is 29.2 Å². The van der Waals surface area contributed by atoms with E-state index in [4.69, 9.17) is 11.6 Å². The predicted molar refractivity (Wildman–Crippen MR) is 84.6 cm³/mol. The predicted octanol–water partition coefficient (Wildman–Crippen LogP) is 2.76. The summed E-state index contributed by atoms with van der Waals surface area (Å²) in [5, 5.41) is 8.02. The van der Waals surface area contributed by atoms with Gasteiger partial charge in [0.1, 0.15) is 4.90 Å². The minimum atomic E-state index is -3.91. The monoisotopic (exact) mass is 381 g/mol. The second-order valence-corrected chi connectivity index (χ2v) is 7.38. The van der Waals surface area contributed by atoms with Gasteiger partial charge in [-0.25, -0.2) is 17.8 Å². The first-order chi connectivity index (χ1) is 11.3. The van der Waals surface area contributed by atoms with Crippen LogP contribution in [-0.4, -0.2) is 34.5 Å². The Hall–Kier alpha value is -1.52. The summed E-state index contributed by atoms with van der Waals surface area (Å²) in [6.45, 7) is 0.486. The van der Waals surface area contributed by atoms with Crippen molar-refractivity contribution in [3.8, 4) is 0 Å². The average Bonchev–Trinajstić information content (AvgIpc) is 3.10. The van der Waals surface area contributed by atoms with Gasteiger partial charge in [-0.05, 0) is 19.8 Å². The molecule has 2 aromatic heterocycles. The molecule has 0 aliphatic carbocycles. The smallest absolute Gasteiger partial charge is 0.268 e. The van der Waals surface area contributed by atoms with Crippen molar-refractivity contribution in [1.82, 2.24) is 24.3 Å². The van der Waals surface area contributed by atoms with E-state index in [-0.39, 0.29) is 23.2 Å². The Kier molecular flexibility index (Phi) is 5.94. The highest BCUT2D eigenvalue weighted by atomic mass is 35.5. The molecule has 0 radical (unpaired) electrons. The lowest BCUT2D eigenvalue weighted by atomic mass is 10.1. The summed E-state index contributed by atoms with van der Waals surface area (Å²) >= 11 is 5.83. The Morgan fingerprint density at radius 3 is 2.54 bits per heavy atom. The third-order valence-electron chi connectivity index (χ3n) is 3.66. The van der Waals surface area contributed by atoms with E-state index in [2.05, 4.69) is 14.9 Å². The third kappa shape index (κ3) is 4.11. The number of nitrogens with zero attached hydrogens (tertiary/aromatic N) is 4. The summed E-state index contributed by atoms with van der Waals surface area (Å²) in [7, 11) is -3.91. The lowest BCUT2D eigenvalue weighted by molar-refractivity contribution is 0.0541. The third-order valence-corrected chi connectivity index (χ3v) is 5.42. The molecule has 2 rings (SSSR count). The normalized spacial score (nSPS) is 13.6. The maximum absolute atomic E-state index is 12.7. The molecule has 134 valence electrons. The van der Waals surface area contributed by atoms with Gasteiger partial charge in [-0.2, -0.15) is 19.0 Å². The molecule has 0 fully saturated rings. The van der Waals surface area contributed by atoms with Gasteiger partial charge in [0.25, 0.3) is 0 Å². The van der Waals surface area contributed by atoms with E-state index in [1.54, 1.807) is 10.9 Å². The van der Waals surface area contributed by atoms with Crippen molar-refractivity contribution in [2.24, 2.45) is 0 Å². The number of hydrogen-bond donors (Lipinski definition) is 1. The van der Waals surface area contributed by atoms with Gasteiger partial charge in [-0.1, -0.05) is 18.5 Å². The molecule has 1 N–H and O–H groups in total. The fourth-order valence-corrected chi connectivity index (χ4v) is 3.70. The quantitative estimate of drug-likeness (QED) is 0.762. The SMILES string of the molecule is CCC(CCNS(=O)(=O)c1cnn(C(F)F)c1C)n1cc(Cl)cn1. The summed E-state index contributed by atoms with van der Waals surface area (Å²) in [5.74, 6) is 0. The number of rotatable bonds is 8. The van der Waals surface area contributed by atoms with Crippen LogP contribution in [0.5, 0.6) is 0 Å². The van der Waals surface area contributed by atoms with Crippen LogP contribution >= 0.6 is 11.6 Å². The van der Waals surface area contributed by atoms with Crippen molar-refractivity contribution in [2.45, 2.75) is 44.2 Å². The molecule has 24 heavy (non-hydrogen) atoms. The number of sulfonamides is 1. The Balaban J connectivity index is 2.02. The minimum absolute atomic E-state index is 0.0231. The van der Waals surface area contributed by atoms with Gasteiger partial charge in [0.2, 0.25) is 10.0 Å². The van der Waals surface area contributed by atoms with Crippen molar-refractivity contribution in [1.29, 1.82) is 0 Å².